The molecule has 4 aromatic carbocycles. The zero-order chi connectivity index (χ0) is 25.8. The third kappa shape index (κ3) is 5.60. The summed E-state index contributed by atoms with van der Waals surface area (Å²) in [6.07, 6.45) is 1.08. The number of nitrogens with zero attached hydrogens (tertiary/aromatic N) is 1. The summed E-state index contributed by atoms with van der Waals surface area (Å²) in [5.74, 6) is 0.780. The lowest BCUT2D eigenvalue weighted by molar-refractivity contribution is 0.0977. The van der Waals surface area contributed by atoms with Gasteiger partial charge in [-0.1, -0.05) is 62.4 Å². The van der Waals surface area contributed by atoms with Crippen LogP contribution in [-0.2, 0) is 0 Å². The maximum Gasteiger partial charge on any atom is 0.257 e. The van der Waals surface area contributed by atoms with E-state index < -0.39 is 0 Å². The van der Waals surface area contributed by atoms with E-state index in [4.69, 9.17) is 16.6 Å². The molecule has 0 aliphatic heterocycles. The minimum atomic E-state index is -0.267. The summed E-state index contributed by atoms with van der Waals surface area (Å²) in [6.45, 7) is 4.39. The van der Waals surface area contributed by atoms with E-state index >= 15 is 0 Å². The van der Waals surface area contributed by atoms with Crippen LogP contribution in [0.2, 0.25) is 0 Å². The number of oxazole rings is 1. The van der Waals surface area contributed by atoms with Crippen LogP contribution in [0.25, 0.3) is 33.7 Å². The number of hydrogen-bond acceptors (Lipinski definition) is 4. The summed E-state index contributed by atoms with van der Waals surface area (Å²) in [5.41, 5.74) is 7.19. The Morgan fingerprint density at radius 2 is 1.57 bits per heavy atom. The molecule has 0 aliphatic carbocycles. The van der Waals surface area contributed by atoms with Gasteiger partial charge in [-0.25, -0.2) is 4.98 Å². The van der Waals surface area contributed by atoms with Crippen molar-refractivity contribution in [2.24, 2.45) is 0 Å². The number of nitrogens with one attached hydrogen (secondary N) is 2. The fourth-order valence-electron chi connectivity index (χ4n) is 4.09. The van der Waals surface area contributed by atoms with Crippen LogP contribution >= 0.6 is 12.2 Å². The van der Waals surface area contributed by atoms with Crippen molar-refractivity contribution in [1.82, 2.24) is 10.3 Å². The van der Waals surface area contributed by atoms with Gasteiger partial charge in [0.15, 0.2) is 10.7 Å². The molecular formula is C31H27N3O2S. The Hall–Kier alpha value is -4.29. The van der Waals surface area contributed by atoms with Crippen molar-refractivity contribution in [3.63, 3.8) is 0 Å². The van der Waals surface area contributed by atoms with E-state index in [0.29, 0.717) is 17.4 Å². The van der Waals surface area contributed by atoms with Gasteiger partial charge in [-0.3, -0.25) is 10.1 Å². The van der Waals surface area contributed by atoms with Crippen molar-refractivity contribution in [2.45, 2.75) is 26.2 Å². The first-order valence-corrected chi connectivity index (χ1v) is 12.7. The Kier molecular flexibility index (Phi) is 7.10. The third-order valence-electron chi connectivity index (χ3n) is 6.46. The second kappa shape index (κ2) is 10.8. The average molecular weight is 506 g/mol. The predicted molar refractivity (Wildman–Crippen MR) is 154 cm³/mol. The van der Waals surface area contributed by atoms with Crippen LogP contribution in [0.5, 0.6) is 0 Å². The molecule has 0 saturated carbocycles. The van der Waals surface area contributed by atoms with Crippen LogP contribution in [0.15, 0.2) is 101 Å². The average Bonchev–Trinajstić information content (AvgIpc) is 3.37. The molecule has 6 heteroatoms. The van der Waals surface area contributed by atoms with Gasteiger partial charge in [-0.15, -0.1) is 0 Å². The molecule has 184 valence electrons. The van der Waals surface area contributed by atoms with Gasteiger partial charge in [-0.2, -0.15) is 0 Å². The van der Waals surface area contributed by atoms with Gasteiger partial charge < -0.3 is 9.73 Å². The molecule has 0 spiro atoms. The molecule has 5 aromatic rings. The smallest absolute Gasteiger partial charge is 0.257 e. The molecule has 1 aromatic heterocycles. The van der Waals surface area contributed by atoms with E-state index in [1.807, 2.05) is 72.8 Å². The Bertz CT molecular complexity index is 1540. The minimum absolute atomic E-state index is 0.226. The fraction of sp³-hybridized carbons (Fsp3) is 0.129. The number of hydrogen-bond donors (Lipinski definition) is 2. The van der Waals surface area contributed by atoms with Gasteiger partial charge in [0.05, 0.1) is 0 Å². The second-order valence-electron chi connectivity index (χ2n) is 8.98. The maximum absolute atomic E-state index is 12.6. The molecule has 0 radical (unpaired) electrons. The Morgan fingerprint density at radius 1 is 0.892 bits per heavy atom. The number of benzene rings is 4. The van der Waals surface area contributed by atoms with Gasteiger partial charge in [0.2, 0.25) is 5.89 Å². The topological polar surface area (TPSA) is 67.2 Å². The summed E-state index contributed by atoms with van der Waals surface area (Å²) in [6, 6.07) is 31.2. The molecule has 0 aliphatic rings. The van der Waals surface area contributed by atoms with Gasteiger partial charge in [0.25, 0.3) is 5.91 Å². The highest BCUT2D eigenvalue weighted by Crippen LogP contribution is 2.28. The summed E-state index contributed by atoms with van der Waals surface area (Å²) in [4.78, 5) is 17.3. The van der Waals surface area contributed by atoms with Crippen LogP contribution < -0.4 is 10.6 Å². The molecule has 0 saturated heterocycles. The molecular weight excluding hydrogens is 478 g/mol. The van der Waals surface area contributed by atoms with Crippen LogP contribution in [0.1, 0.15) is 42.1 Å². The molecule has 2 N–H and O–H groups in total. The Labute approximate surface area is 221 Å². The highest BCUT2D eigenvalue weighted by atomic mass is 32.1. The number of carbonyl (C=O) groups is 1. The molecule has 37 heavy (non-hydrogen) atoms. The van der Waals surface area contributed by atoms with Crippen molar-refractivity contribution >= 4 is 40.0 Å². The predicted octanol–water partition coefficient (Wildman–Crippen LogP) is 7.80. The molecule has 5 nitrogen and oxygen atoms in total. The highest BCUT2D eigenvalue weighted by Gasteiger charge is 2.12. The van der Waals surface area contributed by atoms with Crippen LogP contribution in [0.4, 0.5) is 5.69 Å². The fourth-order valence-corrected chi connectivity index (χ4v) is 4.30. The first kappa shape index (κ1) is 24.4. The molecule has 1 heterocycles. The summed E-state index contributed by atoms with van der Waals surface area (Å²) in [5, 5.41) is 6.02. The molecule has 0 bridgehead atoms. The maximum atomic E-state index is 12.6. The van der Waals surface area contributed by atoms with Crippen LogP contribution in [0, 0.1) is 0 Å². The van der Waals surface area contributed by atoms with E-state index in [1.165, 1.54) is 5.56 Å². The first-order valence-electron chi connectivity index (χ1n) is 12.3. The van der Waals surface area contributed by atoms with E-state index in [1.54, 1.807) is 12.1 Å². The molecule has 5 rings (SSSR count). The standard InChI is InChI=1S/C31H27N3O2S/c1-3-20(2)25-15-18-28-27(19-25)33-30(36-28)24-13-16-26(17-14-24)32-31(37)34-29(35)23-11-9-22(10-12-23)21-7-5-4-6-8-21/h4-20H,3H2,1-2H3,(H2,32,34,35,37). The Balaban J connectivity index is 1.21. The molecule has 1 unspecified atom stereocenters. The quantitative estimate of drug-likeness (QED) is 0.230. The monoisotopic (exact) mass is 505 g/mol. The van der Waals surface area contributed by atoms with E-state index in [9.17, 15) is 4.79 Å². The zero-order valence-electron chi connectivity index (χ0n) is 20.7. The van der Waals surface area contributed by atoms with E-state index in [-0.39, 0.29) is 11.0 Å². The lowest BCUT2D eigenvalue weighted by Crippen LogP contribution is -2.34. The van der Waals surface area contributed by atoms with Gasteiger partial charge in [0, 0.05) is 16.8 Å². The highest BCUT2D eigenvalue weighted by molar-refractivity contribution is 7.80. The van der Waals surface area contributed by atoms with Crippen molar-refractivity contribution < 1.29 is 9.21 Å². The van der Waals surface area contributed by atoms with Gasteiger partial charge >= 0.3 is 0 Å². The lowest BCUT2D eigenvalue weighted by Gasteiger charge is -2.10. The number of aromatic nitrogens is 1. The number of amides is 1. The summed E-state index contributed by atoms with van der Waals surface area (Å²) in [7, 11) is 0. The van der Waals surface area contributed by atoms with Crippen molar-refractivity contribution in [2.75, 3.05) is 5.32 Å². The van der Waals surface area contributed by atoms with Gasteiger partial charge in [-0.05, 0) is 89.8 Å². The van der Waals surface area contributed by atoms with Crippen LogP contribution in [-0.4, -0.2) is 16.0 Å². The number of carbonyl (C=O) groups excluding carboxylic acids is 1. The van der Waals surface area contributed by atoms with Crippen LogP contribution in [0.3, 0.4) is 0 Å². The summed E-state index contributed by atoms with van der Waals surface area (Å²) < 4.78 is 5.97. The first-order chi connectivity index (χ1) is 18.0. The number of rotatable bonds is 6. The SMILES string of the molecule is CCC(C)c1ccc2oc(-c3ccc(NC(=S)NC(=O)c4ccc(-c5ccccc5)cc4)cc3)nc2c1. The largest absolute Gasteiger partial charge is 0.436 e. The van der Waals surface area contributed by atoms with Crippen molar-refractivity contribution in [1.29, 1.82) is 0 Å². The molecule has 1 amide bonds. The normalized spacial score (nSPS) is 11.7. The van der Waals surface area contributed by atoms with E-state index in [0.717, 1.165) is 39.9 Å². The molecule has 0 fully saturated rings. The Morgan fingerprint density at radius 3 is 2.27 bits per heavy atom. The zero-order valence-corrected chi connectivity index (χ0v) is 21.5. The lowest BCUT2D eigenvalue weighted by atomic mass is 9.98. The van der Waals surface area contributed by atoms with Crippen molar-refractivity contribution in [3.05, 3.63) is 108 Å². The van der Waals surface area contributed by atoms with Crippen molar-refractivity contribution in [3.8, 4) is 22.6 Å². The van der Waals surface area contributed by atoms with E-state index in [2.05, 4.69) is 41.6 Å². The summed E-state index contributed by atoms with van der Waals surface area (Å²) >= 11 is 5.35. The second-order valence-corrected chi connectivity index (χ2v) is 9.39. The third-order valence-corrected chi connectivity index (χ3v) is 6.67. The number of anilines is 1. The molecule has 1 atom stereocenters. The van der Waals surface area contributed by atoms with Gasteiger partial charge in [0.1, 0.15) is 5.52 Å². The number of thiocarbonyl (C=S) groups is 1. The minimum Gasteiger partial charge on any atom is -0.436 e. The number of fused-ring (bicyclic) bond motifs is 1.